The number of nitrogens with zero attached hydrogens (tertiary/aromatic N) is 2. The molecular formula is C25H33N3O3. The van der Waals surface area contributed by atoms with Crippen molar-refractivity contribution in [3.05, 3.63) is 54.4 Å². The van der Waals surface area contributed by atoms with Gasteiger partial charge in [0.15, 0.2) is 11.5 Å². The highest BCUT2D eigenvalue weighted by Crippen LogP contribution is 2.26. The van der Waals surface area contributed by atoms with Gasteiger partial charge < -0.3 is 19.4 Å². The zero-order valence-corrected chi connectivity index (χ0v) is 18.6. The van der Waals surface area contributed by atoms with Gasteiger partial charge in [-0.15, -0.1) is 0 Å². The fourth-order valence-electron chi connectivity index (χ4n) is 3.71. The number of hydrogen-bond donors (Lipinski definition) is 1. The number of benzene rings is 2. The second-order valence-electron chi connectivity index (χ2n) is 7.67. The molecule has 0 unspecified atom stereocenters. The van der Waals surface area contributed by atoms with Crippen molar-refractivity contribution in [2.45, 2.75) is 52.0 Å². The molecule has 0 saturated heterocycles. The van der Waals surface area contributed by atoms with E-state index in [4.69, 9.17) is 14.5 Å². The van der Waals surface area contributed by atoms with E-state index in [9.17, 15) is 4.79 Å². The number of carbonyl (C=O) groups excluding carboxylic acids is 1. The number of para-hydroxylation sites is 4. The lowest BCUT2D eigenvalue weighted by Crippen LogP contribution is -2.20. The van der Waals surface area contributed by atoms with Gasteiger partial charge in [0.1, 0.15) is 5.82 Å². The molecule has 0 spiro atoms. The molecule has 166 valence electrons. The fourth-order valence-corrected chi connectivity index (χ4v) is 3.71. The first-order chi connectivity index (χ1) is 15.2. The molecule has 31 heavy (non-hydrogen) atoms. The van der Waals surface area contributed by atoms with Gasteiger partial charge in [-0.3, -0.25) is 4.79 Å². The van der Waals surface area contributed by atoms with Gasteiger partial charge in [0.2, 0.25) is 5.91 Å². The van der Waals surface area contributed by atoms with Crippen LogP contribution >= 0.6 is 0 Å². The Hall–Kier alpha value is -3.02. The van der Waals surface area contributed by atoms with Crippen LogP contribution in [0.1, 0.15) is 44.9 Å². The van der Waals surface area contributed by atoms with Crippen LogP contribution in [0.3, 0.4) is 0 Å². The quantitative estimate of drug-likeness (QED) is 0.403. The molecule has 1 amide bonds. The van der Waals surface area contributed by atoms with Gasteiger partial charge in [-0.2, -0.15) is 0 Å². The van der Waals surface area contributed by atoms with Crippen LogP contribution in [0.2, 0.25) is 0 Å². The molecule has 0 atom stereocenters. The third kappa shape index (κ3) is 6.74. The third-order valence-corrected chi connectivity index (χ3v) is 5.29. The second kappa shape index (κ2) is 12.0. The van der Waals surface area contributed by atoms with Crippen molar-refractivity contribution in [2.24, 2.45) is 0 Å². The lowest BCUT2D eigenvalue weighted by atomic mass is 10.2. The van der Waals surface area contributed by atoms with Crippen LogP contribution in [0.25, 0.3) is 11.0 Å². The number of aryl methyl sites for hydroxylation is 2. The van der Waals surface area contributed by atoms with Gasteiger partial charge in [-0.1, -0.05) is 30.7 Å². The summed E-state index contributed by atoms with van der Waals surface area (Å²) in [7, 11) is 1.66. The van der Waals surface area contributed by atoms with Gasteiger partial charge in [0, 0.05) is 26.4 Å². The number of rotatable bonds is 13. The summed E-state index contributed by atoms with van der Waals surface area (Å²) in [6, 6.07) is 16.1. The Morgan fingerprint density at radius 2 is 1.74 bits per heavy atom. The molecule has 1 aromatic heterocycles. The topological polar surface area (TPSA) is 65.4 Å². The first-order valence-corrected chi connectivity index (χ1v) is 11.1. The number of fused-ring (bicyclic) bond motifs is 1. The minimum Gasteiger partial charge on any atom is -0.493 e. The first kappa shape index (κ1) is 22.7. The summed E-state index contributed by atoms with van der Waals surface area (Å²) in [6.45, 7) is 3.89. The van der Waals surface area contributed by atoms with Crippen LogP contribution in [-0.2, 0) is 17.8 Å². The third-order valence-electron chi connectivity index (χ3n) is 5.29. The predicted octanol–water partition coefficient (Wildman–Crippen LogP) is 4.75. The largest absolute Gasteiger partial charge is 0.493 e. The van der Waals surface area contributed by atoms with E-state index < -0.39 is 0 Å². The van der Waals surface area contributed by atoms with Crippen LogP contribution < -0.4 is 14.8 Å². The number of imidazole rings is 1. The molecule has 0 bridgehead atoms. The Morgan fingerprint density at radius 1 is 0.968 bits per heavy atom. The van der Waals surface area contributed by atoms with Crippen LogP contribution in [-0.4, -0.2) is 35.7 Å². The molecule has 0 aliphatic heterocycles. The Bertz CT molecular complexity index is 968. The van der Waals surface area contributed by atoms with Crippen molar-refractivity contribution in [2.75, 3.05) is 20.3 Å². The number of unbranched alkanes of at least 4 members (excludes halogenated alkanes) is 3. The molecule has 3 rings (SSSR count). The molecule has 3 aromatic rings. The molecule has 1 heterocycles. The SMILES string of the molecule is COc1ccccc1OCCCCn1c(CCCCCNC(C)=O)nc2ccccc21. The van der Waals surface area contributed by atoms with Crippen molar-refractivity contribution in [1.29, 1.82) is 0 Å². The van der Waals surface area contributed by atoms with Crippen molar-refractivity contribution in [3.63, 3.8) is 0 Å². The van der Waals surface area contributed by atoms with Gasteiger partial charge >= 0.3 is 0 Å². The highest BCUT2D eigenvalue weighted by Gasteiger charge is 2.10. The molecule has 0 fully saturated rings. The number of hydrogen-bond acceptors (Lipinski definition) is 4. The maximum Gasteiger partial charge on any atom is 0.216 e. The number of carbonyl (C=O) groups is 1. The van der Waals surface area contributed by atoms with Gasteiger partial charge in [-0.25, -0.2) is 4.98 Å². The summed E-state index contributed by atoms with van der Waals surface area (Å²) in [5.41, 5.74) is 2.25. The van der Waals surface area contributed by atoms with Gasteiger partial charge in [0.25, 0.3) is 0 Å². The van der Waals surface area contributed by atoms with Crippen molar-refractivity contribution < 1.29 is 14.3 Å². The van der Waals surface area contributed by atoms with Crippen LogP contribution in [0.15, 0.2) is 48.5 Å². The molecule has 1 N–H and O–H groups in total. The molecule has 0 aliphatic carbocycles. The van der Waals surface area contributed by atoms with E-state index in [-0.39, 0.29) is 5.91 Å². The van der Waals surface area contributed by atoms with E-state index in [1.54, 1.807) is 14.0 Å². The maximum absolute atomic E-state index is 11.0. The van der Waals surface area contributed by atoms with E-state index in [0.717, 1.165) is 74.5 Å². The Balaban J connectivity index is 1.50. The number of amides is 1. The summed E-state index contributed by atoms with van der Waals surface area (Å²) in [6.07, 6.45) is 6.08. The second-order valence-corrected chi connectivity index (χ2v) is 7.67. The molecule has 0 aliphatic rings. The molecule has 0 saturated carbocycles. The van der Waals surface area contributed by atoms with Crippen LogP contribution in [0.4, 0.5) is 0 Å². The van der Waals surface area contributed by atoms with Crippen molar-refractivity contribution in [3.8, 4) is 11.5 Å². The van der Waals surface area contributed by atoms with E-state index in [1.165, 1.54) is 5.52 Å². The van der Waals surface area contributed by atoms with E-state index in [2.05, 4.69) is 28.1 Å². The standard InChI is InChI=1S/C25H33N3O3/c1-20(29)26-17-9-3-4-16-25-27-21-12-5-6-13-22(21)28(25)18-10-11-19-31-24-15-8-7-14-23(24)30-2/h5-8,12-15H,3-4,9-11,16-19H2,1-2H3,(H,26,29). The summed E-state index contributed by atoms with van der Waals surface area (Å²) >= 11 is 0. The zero-order chi connectivity index (χ0) is 21.9. The summed E-state index contributed by atoms with van der Waals surface area (Å²) in [5, 5.41) is 2.86. The molecule has 0 radical (unpaired) electrons. The molecule has 6 heteroatoms. The average molecular weight is 424 g/mol. The van der Waals surface area contributed by atoms with Crippen LogP contribution in [0.5, 0.6) is 11.5 Å². The monoisotopic (exact) mass is 423 g/mol. The van der Waals surface area contributed by atoms with E-state index >= 15 is 0 Å². The van der Waals surface area contributed by atoms with Gasteiger partial charge in [-0.05, 0) is 49.9 Å². The van der Waals surface area contributed by atoms with E-state index in [1.807, 2.05) is 30.3 Å². The number of aromatic nitrogens is 2. The predicted molar refractivity (Wildman–Crippen MR) is 124 cm³/mol. The minimum atomic E-state index is 0.0384. The highest BCUT2D eigenvalue weighted by molar-refractivity contribution is 5.75. The summed E-state index contributed by atoms with van der Waals surface area (Å²) in [5.74, 6) is 2.74. The minimum absolute atomic E-state index is 0.0384. The normalized spacial score (nSPS) is 10.9. The van der Waals surface area contributed by atoms with Crippen molar-refractivity contribution >= 4 is 16.9 Å². The fraction of sp³-hybridized carbons (Fsp3) is 0.440. The van der Waals surface area contributed by atoms with Crippen molar-refractivity contribution in [1.82, 2.24) is 14.9 Å². The lowest BCUT2D eigenvalue weighted by molar-refractivity contribution is -0.118. The number of nitrogens with one attached hydrogen (secondary N) is 1. The lowest BCUT2D eigenvalue weighted by Gasteiger charge is -2.12. The smallest absolute Gasteiger partial charge is 0.216 e. The zero-order valence-electron chi connectivity index (χ0n) is 18.6. The highest BCUT2D eigenvalue weighted by atomic mass is 16.5. The Morgan fingerprint density at radius 3 is 2.55 bits per heavy atom. The maximum atomic E-state index is 11.0. The number of methoxy groups -OCH3 is 1. The van der Waals surface area contributed by atoms with Crippen LogP contribution in [0, 0.1) is 0 Å². The number of ether oxygens (including phenoxy) is 2. The Kier molecular flexibility index (Phi) is 8.76. The summed E-state index contributed by atoms with van der Waals surface area (Å²) < 4.78 is 13.6. The molecule has 2 aromatic carbocycles. The van der Waals surface area contributed by atoms with Gasteiger partial charge in [0.05, 0.1) is 24.8 Å². The average Bonchev–Trinajstić information content (AvgIpc) is 3.13. The molecular weight excluding hydrogens is 390 g/mol. The first-order valence-electron chi connectivity index (χ1n) is 11.1. The molecule has 6 nitrogen and oxygen atoms in total. The summed E-state index contributed by atoms with van der Waals surface area (Å²) in [4.78, 5) is 15.8. The van der Waals surface area contributed by atoms with E-state index in [0.29, 0.717) is 6.61 Å². The Labute approximate surface area is 184 Å².